The number of anilines is 1. The first kappa shape index (κ1) is 16.2. The summed E-state index contributed by atoms with van der Waals surface area (Å²) in [6, 6.07) is 9.44. The summed E-state index contributed by atoms with van der Waals surface area (Å²) in [5.74, 6) is 2.27. The number of hydrogen-bond donors (Lipinski definition) is 0. The number of methoxy groups -OCH3 is 1. The topological polar surface area (TPSA) is 51.9 Å². The molecule has 0 unspecified atom stereocenters. The first-order valence-corrected chi connectivity index (χ1v) is 7.90. The van der Waals surface area contributed by atoms with E-state index in [-0.39, 0.29) is 5.78 Å². The van der Waals surface area contributed by atoms with E-state index in [4.69, 9.17) is 13.9 Å². The van der Waals surface area contributed by atoms with Crippen LogP contribution in [-0.4, -0.2) is 19.9 Å². The molecule has 0 amide bonds. The quantitative estimate of drug-likeness (QED) is 0.804. The van der Waals surface area contributed by atoms with Crippen molar-refractivity contribution >= 4 is 11.5 Å². The van der Waals surface area contributed by atoms with Gasteiger partial charge in [0.25, 0.3) is 0 Å². The summed E-state index contributed by atoms with van der Waals surface area (Å²) in [6.45, 7) is 2.22. The first-order valence-electron chi connectivity index (χ1n) is 7.90. The minimum absolute atomic E-state index is 0.222. The molecule has 24 heavy (non-hydrogen) atoms. The van der Waals surface area contributed by atoms with Crippen molar-refractivity contribution in [1.82, 2.24) is 0 Å². The summed E-state index contributed by atoms with van der Waals surface area (Å²) < 4.78 is 16.5. The Kier molecular flexibility index (Phi) is 4.60. The molecule has 0 saturated carbocycles. The van der Waals surface area contributed by atoms with E-state index in [1.54, 1.807) is 13.4 Å². The lowest BCUT2D eigenvalue weighted by atomic mass is 10.2. The van der Waals surface area contributed by atoms with Crippen LogP contribution in [0, 0.1) is 0 Å². The number of carbonyl (C=O) groups is 1. The van der Waals surface area contributed by atoms with E-state index in [1.807, 2.05) is 49.2 Å². The number of hydrogen-bond acceptors (Lipinski definition) is 5. The van der Waals surface area contributed by atoms with Crippen LogP contribution < -0.4 is 14.4 Å². The maximum atomic E-state index is 11.8. The Morgan fingerprint density at radius 1 is 1.21 bits per heavy atom. The van der Waals surface area contributed by atoms with Crippen molar-refractivity contribution in [2.45, 2.75) is 26.4 Å². The summed E-state index contributed by atoms with van der Waals surface area (Å²) in [6.07, 6.45) is 2.98. The normalized spacial score (nSPS) is 14.2. The van der Waals surface area contributed by atoms with Crippen molar-refractivity contribution < 1.29 is 18.7 Å². The van der Waals surface area contributed by atoms with Crippen LogP contribution in [-0.2, 0) is 11.4 Å². The maximum absolute atomic E-state index is 11.8. The maximum Gasteiger partial charge on any atom is 0.163 e. The Bertz CT molecular complexity index is 762. The zero-order valence-corrected chi connectivity index (χ0v) is 14.2. The third-order valence-electron chi connectivity index (χ3n) is 4.33. The molecule has 0 atom stereocenters. The van der Waals surface area contributed by atoms with Crippen LogP contribution in [0.3, 0.4) is 0 Å². The molecule has 3 rings (SSSR count). The molecule has 0 bridgehead atoms. The van der Waals surface area contributed by atoms with E-state index < -0.39 is 0 Å². The lowest BCUT2D eigenvalue weighted by molar-refractivity contribution is -0.114. The van der Waals surface area contributed by atoms with E-state index in [1.165, 1.54) is 0 Å². The number of ether oxygens (including phenoxy) is 2. The number of benzene rings is 1. The van der Waals surface area contributed by atoms with Gasteiger partial charge in [0.15, 0.2) is 17.3 Å². The number of ketones is 1. The second kappa shape index (κ2) is 6.83. The molecule has 2 aromatic rings. The molecule has 0 spiro atoms. The third kappa shape index (κ3) is 3.15. The number of nitrogens with zero attached hydrogens (tertiary/aromatic N) is 1. The molecule has 1 aromatic heterocycles. The van der Waals surface area contributed by atoms with Crippen molar-refractivity contribution in [3.05, 3.63) is 53.6 Å². The number of carbonyl (C=O) groups excluding carboxylic acids is 1. The van der Waals surface area contributed by atoms with Crippen molar-refractivity contribution in [2.24, 2.45) is 0 Å². The number of furan rings is 1. The summed E-state index contributed by atoms with van der Waals surface area (Å²) in [7, 11) is 3.58. The van der Waals surface area contributed by atoms with Crippen LogP contribution in [0.4, 0.5) is 5.69 Å². The van der Waals surface area contributed by atoms with Gasteiger partial charge in [-0.3, -0.25) is 4.79 Å². The molecule has 1 aliphatic carbocycles. The predicted molar refractivity (Wildman–Crippen MR) is 91.4 cm³/mol. The molecule has 5 heteroatoms. The van der Waals surface area contributed by atoms with E-state index >= 15 is 0 Å². The minimum Gasteiger partial charge on any atom is -0.493 e. The summed E-state index contributed by atoms with van der Waals surface area (Å²) in [5.41, 5.74) is 2.85. The molecule has 1 aliphatic rings. The first-order chi connectivity index (χ1) is 11.6. The van der Waals surface area contributed by atoms with Gasteiger partial charge in [-0.05, 0) is 37.6 Å². The zero-order valence-electron chi connectivity index (χ0n) is 14.2. The summed E-state index contributed by atoms with van der Waals surface area (Å²) >= 11 is 0. The van der Waals surface area contributed by atoms with Crippen LogP contribution in [0.25, 0.3) is 0 Å². The fourth-order valence-corrected chi connectivity index (χ4v) is 2.87. The average Bonchev–Trinajstić information content (AvgIpc) is 3.23. The monoisotopic (exact) mass is 327 g/mol. The Labute approximate surface area is 141 Å². The standard InChI is InChI=1S/C19H21NO4/c1-13-16(7-8-17(13)21)20(2)14-6-9-18(22-3)19(11-14)24-12-15-5-4-10-23-15/h4-6,9-11H,7-8,12H2,1-3H3. The van der Waals surface area contributed by atoms with Gasteiger partial charge in [0.1, 0.15) is 12.4 Å². The Balaban J connectivity index is 1.84. The van der Waals surface area contributed by atoms with Crippen LogP contribution in [0.15, 0.2) is 52.3 Å². The number of rotatable bonds is 6. The molecule has 0 N–H and O–H groups in total. The minimum atomic E-state index is 0.222. The van der Waals surface area contributed by atoms with Gasteiger partial charge in [-0.2, -0.15) is 0 Å². The van der Waals surface area contributed by atoms with Gasteiger partial charge >= 0.3 is 0 Å². The van der Waals surface area contributed by atoms with Crippen molar-refractivity contribution in [3.63, 3.8) is 0 Å². The number of Topliss-reactive ketones (excluding diaryl/α,β-unsaturated/α-hetero) is 1. The van der Waals surface area contributed by atoms with E-state index in [9.17, 15) is 4.79 Å². The van der Waals surface area contributed by atoms with Crippen LogP contribution >= 0.6 is 0 Å². The summed E-state index contributed by atoms with van der Waals surface area (Å²) in [5, 5.41) is 0. The second-order valence-electron chi connectivity index (χ2n) is 5.76. The molecule has 1 aromatic carbocycles. The van der Waals surface area contributed by atoms with Crippen molar-refractivity contribution in [1.29, 1.82) is 0 Å². The van der Waals surface area contributed by atoms with Gasteiger partial charge < -0.3 is 18.8 Å². The Morgan fingerprint density at radius 2 is 2.04 bits per heavy atom. The van der Waals surface area contributed by atoms with Crippen molar-refractivity contribution in [3.8, 4) is 11.5 Å². The van der Waals surface area contributed by atoms with Gasteiger partial charge in [0, 0.05) is 36.5 Å². The number of allylic oxidation sites excluding steroid dienone is 2. The molecule has 5 nitrogen and oxygen atoms in total. The van der Waals surface area contributed by atoms with Gasteiger partial charge in [-0.1, -0.05) is 0 Å². The molecule has 0 saturated heterocycles. The van der Waals surface area contributed by atoms with Gasteiger partial charge in [0.2, 0.25) is 0 Å². The Morgan fingerprint density at radius 3 is 2.67 bits per heavy atom. The highest BCUT2D eigenvalue weighted by atomic mass is 16.5. The third-order valence-corrected chi connectivity index (χ3v) is 4.33. The molecule has 126 valence electrons. The fraction of sp³-hybridized carbons (Fsp3) is 0.316. The lowest BCUT2D eigenvalue weighted by Gasteiger charge is -2.23. The van der Waals surface area contributed by atoms with Gasteiger partial charge in [-0.25, -0.2) is 0 Å². The van der Waals surface area contributed by atoms with Gasteiger partial charge in [-0.15, -0.1) is 0 Å². The average molecular weight is 327 g/mol. The highest BCUT2D eigenvalue weighted by Crippen LogP contribution is 2.35. The van der Waals surface area contributed by atoms with E-state index in [0.717, 1.165) is 29.1 Å². The molecular weight excluding hydrogens is 306 g/mol. The molecular formula is C19H21NO4. The molecule has 1 heterocycles. The van der Waals surface area contributed by atoms with Crippen LogP contribution in [0.1, 0.15) is 25.5 Å². The van der Waals surface area contributed by atoms with Crippen LogP contribution in [0.5, 0.6) is 11.5 Å². The predicted octanol–water partition coefficient (Wildman–Crippen LogP) is 3.94. The second-order valence-corrected chi connectivity index (χ2v) is 5.76. The highest BCUT2D eigenvalue weighted by Gasteiger charge is 2.23. The lowest BCUT2D eigenvalue weighted by Crippen LogP contribution is -2.16. The Hall–Kier alpha value is -2.69. The van der Waals surface area contributed by atoms with Crippen molar-refractivity contribution in [2.75, 3.05) is 19.1 Å². The van der Waals surface area contributed by atoms with E-state index in [0.29, 0.717) is 24.5 Å². The zero-order chi connectivity index (χ0) is 17.1. The molecule has 0 fully saturated rings. The highest BCUT2D eigenvalue weighted by molar-refractivity contribution is 5.98. The fourth-order valence-electron chi connectivity index (χ4n) is 2.87. The smallest absolute Gasteiger partial charge is 0.163 e. The van der Waals surface area contributed by atoms with Crippen LogP contribution in [0.2, 0.25) is 0 Å². The van der Waals surface area contributed by atoms with Gasteiger partial charge in [0.05, 0.1) is 13.4 Å². The summed E-state index contributed by atoms with van der Waals surface area (Å²) in [4.78, 5) is 13.8. The van der Waals surface area contributed by atoms with E-state index in [2.05, 4.69) is 0 Å². The SMILES string of the molecule is COc1ccc(N(C)C2=C(C)C(=O)CC2)cc1OCc1ccco1. The largest absolute Gasteiger partial charge is 0.493 e. The molecule has 0 radical (unpaired) electrons. The molecule has 0 aliphatic heterocycles.